The predicted octanol–water partition coefficient (Wildman–Crippen LogP) is 1.65. The first-order chi connectivity index (χ1) is 12.1. The molecular formula is C21H34O5. The van der Waals surface area contributed by atoms with Crippen LogP contribution in [-0.4, -0.2) is 50.1 Å². The zero-order valence-corrected chi connectivity index (χ0v) is 16.2. The summed E-state index contributed by atoms with van der Waals surface area (Å²) < 4.78 is 0. The molecule has 0 amide bonds. The van der Waals surface area contributed by atoms with Crippen LogP contribution in [0.4, 0.5) is 0 Å². The number of hydrogen-bond acceptors (Lipinski definition) is 5. The van der Waals surface area contributed by atoms with Gasteiger partial charge in [-0.25, -0.2) is 0 Å². The number of rotatable bonds is 1. The largest absolute Gasteiger partial charge is 0.393 e. The second-order valence-corrected chi connectivity index (χ2v) is 10.2. The van der Waals surface area contributed by atoms with Gasteiger partial charge in [-0.1, -0.05) is 13.8 Å². The van der Waals surface area contributed by atoms with Gasteiger partial charge in [0.1, 0.15) is 5.60 Å². The standard InChI is InChI=1S/C21H34O5/c1-11(22)21(26)9-6-14-16-13(5-8-20(14,21)3)19(2)7-4-12(23)10-15(19)17(24)18(16)25/h12-18,23-26H,4-10H2,1-3H3/t12-,13-,14-,15+,16+,17-,18-,19+,20-,21-/m0/s1. The van der Waals surface area contributed by atoms with Gasteiger partial charge in [-0.3, -0.25) is 4.79 Å². The molecule has 0 bridgehead atoms. The molecule has 4 N–H and O–H groups in total. The van der Waals surface area contributed by atoms with Gasteiger partial charge in [-0.2, -0.15) is 0 Å². The zero-order valence-electron chi connectivity index (χ0n) is 16.2. The third-order valence-corrected chi connectivity index (χ3v) is 9.46. The van der Waals surface area contributed by atoms with Gasteiger partial charge < -0.3 is 20.4 Å². The Morgan fingerprint density at radius 1 is 0.885 bits per heavy atom. The second kappa shape index (κ2) is 5.76. The van der Waals surface area contributed by atoms with Gasteiger partial charge >= 0.3 is 0 Å². The molecule has 4 aliphatic rings. The van der Waals surface area contributed by atoms with E-state index in [-0.39, 0.29) is 34.9 Å². The van der Waals surface area contributed by atoms with Crippen LogP contribution in [0.25, 0.3) is 0 Å². The predicted molar refractivity (Wildman–Crippen MR) is 96.1 cm³/mol. The van der Waals surface area contributed by atoms with Crippen molar-refractivity contribution in [2.75, 3.05) is 0 Å². The molecule has 0 aromatic rings. The van der Waals surface area contributed by atoms with Crippen molar-refractivity contribution in [1.29, 1.82) is 0 Å². The Morgan fingerprint density at radius 3 is 2.19 bits per heavy atom. The van der Waals surface area contributed by atoms with E-state index in [2.05, 4.69) is 6.92 Å². The van der Waals surface area contributed by atoms with Crippen LogP contribution in [0.15, 0.2) is 0 Å². The van der Waals surface area contributed by atoms with E-state index in [1.807, 2.05) is 6.92 Å². The van der Waals surface area contributed by atoms with Crippen molar-refractivity contribution >= 4 is 5.78 Å². The third kappa shape index (κ3) is 2.15. The highest BCUT2D eigenvalue weighted by atomic mass is 16.3. The van der Waals surface area contributed by atoms with Gasteiger partial charge in [-0.15, -0.1) is 0 Å². The van der Waals surface area contributed by atoms with Crippen LogP contribution < -0.4 is 0 Å². The summed E-state index contributed by atoms with van der Waals surface area (Å²) in [7, 11) is 0. The van der Waals surface area contributed by atoms with Gasteiger partial charge in [0.05, 0.1) is 18.3 Å². The summed E-state index contributed by atoms with van der Waals surface area (Å²) in [6.07, 6.45) is 2.90. The Hall–Kier alpha value is -0.490. The quantitative estimate of drug-likeness (QED) is 0.566. The number of aliphatic hydroxyl groups is 4. The minimum absolute atomic E-state index is 0.0458. The van der Waals surface area contributed by atoms with Gasteiger partial charge in [0.15, 0.2) is 5.78 Å². The summed E-state index contributed by atoms with van der Waals surface area (Å²) in [4.78, 5) is 12.3. The van der Waals surface area contributed by atoms with Gasteiger partial charge in [0.25, 0.3) is 0 Å². The first-order valence-corrected chi connectivity index (χ1v) is 10.3. The van der Waals surface area contributed by atoms with E-state index in [0.717, 1.165) is 32.1 Å². The number of carbonyl (C=O) groups excluding carboxylic acids is 1. The highest BCUT2D eigenvalue weighted by molar-refractivity contribution is 5.86. The van der Waals surface area contributed by atoms with E-state index < -0.39 is 29.3 Å². The third-order valence-electron chi connectivity index (χ3n) is 9.46. The highest BCUT2D eigenvalue weighted by Gasteiger charge is 2.69. The van der Waals surface area contributed by atoms with Gasteiger partial charge in [-0.05, 0) is 81.0 Å². The number of fused-ring (bicyclic) bond motifs is 5. The Bertz CT molecular complexity index is 607. The lowest BCUT2D eigenvalue weighted by Gasteiger charge is -2.63. The molecule has 4 saturated carbocycles. The summed E-state index contributed by atoms with van der Waals surface area (Å²) in [5.41, 5.74) is -1.94. The Morgan fingerprint density at radius 2 is 1.54 bits per heavy atom. The lowest BCUT2D eigenvalue weighted by atomic mass is 9.43. The van der Waals surface area contributed by atoms with Crippen LogP contribution in [-0.2, 0) is 4.79 Å². The smallest absolute Gasteiger partial charge is 0.161 e. The van der Waals surface area contributed by atoms with Gasteiger partial charge in [0.2, 0.25) is 0 Å². The molecule has 0 saturated heterocycles. The minimum atomic E-state index is -1.31. The first kappa shape index (κ1) is 18.9. The molecule has 4 fully saturated rings. The molecule has 0 heterocycles. The van der Waals surface area contributed by atoms with Crippen molar-refractivity contribution in [2.24, 2.45) is 34.5 Å². The van der Waals surface area contributed by atoms with Crippen LogP contribution in [0, 0.1) is 34.5 Å². The molecule has 5 nitrogen and oxygen atoms in total. The van der Waals surface area contributed by atoms with Crippen molar-refractivity contribution in [1.82, 2.24) is 0 Å². The van der Waals surface area contributed by atoms with Crippen molar-refractivity contribution in [3.05, 3.63) is 0 Å². The molecule has 0 radical (unpaired) electrons. The van der Waals surface area contributed by atoms with E-state index in [4.69, 9.17) is 0 Å². The van der Waals surface area contributed by atoms with Gasteiger partial charge in [0, 0.05) is 5.41 Å². The number of ketones is 1. The number of hydrogen-bond donors (Lipinski definition) is 4. The summed E-state index contributed by atoms with van der Waals surface area (Å²) in [5, 5.41) is 43.3. The van der Waals surface area contributed by atoms with Crippen molar-refractivity contribution in [2.45, 2.75) is 89.6 Å². The average Bonchev–Trinajstić information content (AvgIpc) is 2.87. The van der Waals surface area contributed by atoms with E-state index in [0.29, 0.717) is 12.8 Å². The number of aliphatic hydroxyl groups excluding tert-OH is 3. The van der Waals surface area contributed by atoms with E-state index in [1.165, 1.54) is 6.92 Å². The minimum Gasteiger partial charge on any atom is -0.393 e. The van der Waals surface area contributed by atoms with Crippen molar-refractivity contribution < 1.29 is 25.2 Å². The molecule has 0 aromatic carbocycles. The summed E-state index contributed by atoms with van der Waals surface area (Å²) in [6, 6.07) is 0. The van der Waals surface area contributed by atoms with E-state index >= 15 is 0 Å². The topological polar surface area (TPSA) is 98.0 Å². The van der Waals surface area contributed by atoms with E-state index in [9.17, 15) is 25.2 Å². The summed E-state index contributed by atoms with van der Waals surface area (Å²) in [6.45, 7) is 5.72. The van der Waals surface area contributed by atoms with Crippen molar-refractivity contribution in [3.8, 4) is 0 Å². The van der Waals surface area contributed by atoms with E-state index in [1.54, 1.807) is 0 Å². The monoisotopic (exact) mass is 366 g/mol. The van der Waals surface area contributed by atoms with Crippen LogP contribution in [0.5, 0.6) is 0 Å². The van der Waals surface area contributed by atoms with Crippen molar-refractivity contribution in [3.63, 3.8) is 0 Å². The fourth-order valence-corrected chi connectivity index (χ4v) is 7.84. The molecule has 5 heteroatoms. The molecule has 26 heavy (non-hydrogen) atoms. The average molecular weight is 366 g/mol. The van der Waals surface area contributed by atoms with Crippen LogP contribution >= 0.6 is 0 Å². The maximum Gasteiger partial charge on any atom is 0.161 e. The Labute approximate surface area is 155 Å². The van der Waals surface area contributed by atoms with Crippen LogP contribution in [0.2, 0.25) is 0 Å². The Kier molecular flexibility index (Phi) is 4.17. The molecule has 4 rings (SSSR count). The zero-order chi connectivity index (χ0) is 19.1. The SMILES string of the molecule is CC(=O)[C@@]1(O)CC[C@H]2[C@@H]3[C@H](O)[C@@H](O)[C@H]4C[C@@H](O)CC[C@]4(C)[C@H]3CC[C@@]21C. The maximum atomic E-state index is 12.3. The first-order valence-electron chi connectivity index (χ1n) is 10.3. The molecule has 0 unspecified atom stereocenters. The second-order valence-electron chi connectivity index (χ2n) is 10.2. The number of carbonyl (C=O) groups is 1. The van der Waals surface area contributed by atoms with Crippen LogP contribution in [0.3, 0.4) is 0 Å². The number of Topliss-reactive ketones (excluding diaryl/α,β-unsaturated/α-hetero) is 1. The van der Waals surface area contributed by atoms with Crippen LogP contribution in [0.1, 0.15) is 65.7 Å². The fraction of sp³-hybridized carbons (Fsp3) is 0.952. The molecule has 10 atom stereocenters. The fourth-order valence-electron chi connectivity index (χ4n) is 7.84. The lowest BCUT2D eigenvalue weighted by Crippen LogP contribution is -2.65. The molecule has 148 valence electrons. The normalized spacial score (nSPS) is 59.3. The molecule has 0 aromatic heterocycles. The molecule has 0 spiro atoms. The Balaban J connectivity index is 1.73. The summed E-state index contributed by atoms with van der Waals surface area (Å²) >= 11 is 0. The molecule has 4 aliphatic carbocycles. The molecular weight excluding hydrogens is 332 g/mol. The maximum absolute atomic E-state index is 12.3. The molecule has 0 aliphatic heterocycles. The summed E-state index contributed by atoms with van der Waals surface area (Å²) in [5.74, 6) is -0.0274. The lowest BCUT2D eigenvalue weighted by molar-refractivity contribution is -0.230. The highest BCUT2D eigenvalue weighted by Crippen LogP contribution is 2.68.